The Bertz CT molecular complexity index is 525. The van der Waals surface area contributed by atoms with Gasteiger partial charge in [-0.25, -0.2) is 4.98 Å². The molecule has 20 heavy (non-hydrogen) atoms. The van der Waals surface area contributed by atoms with Gasteiger partial charge in [0.15, 0.2) is 0 Å². The number of anilines is 3. The van der Waals surface area contributed by atoms with Crippen molar-refractivity contribution in [1.29, 1.82) is 0 Å². The summed E-state index contributed by atoms with van der Waals surface area (Å²) in [4.78, 5) is 8.90. The fraction of sp³-hybridized carbons (Fsp3) is 0.375. The summed E-state index contributed by atoms with van der Waals surface area (Å²) < 4.78 is 0. The van der Waals surface area contributed by atoms with E-state index in [0.29, 0.717) is 5.95 Å². The quantitative estimate of drug-likeness (QED) is 0.743. The van der Waals surface area contributed by atoms with Crippen molar-refractivity contribution in [2.24, 2.45) is 0 Å². The van der Waals surface area contributed by atoms with E-state index in [-0.39, 0.29) is 0 Å². The topological polar surface area (TPSA) is 49.8 Å². The van der Waals surface area contributed by atoms with Crippen LogP contribution in [-0.2, 0) is 0 Å². The molecular formula is C16H22N4. The first-order valence-electron chi connectivity index (χ1n) is 7.19. The van der Waals surface area contributed by atoms with Gasteiger partial charge in [-0.15, -0.1) is 0 Å². The molecule has 1 aromatic heterocycles. The number of hydrogen-bond acceptors (Lipinski definition) is 4. The molecule has 106 valence electrons. The molecule has 0 bridgehead atoms. The highest BCUT2D eigenvalue weighted by atomic mass is 15.1. The summed E-state index contributed by atoms with van der Waals surface area (Å²) in [5, 5.41) is 6.58. The van der Waals surface area contributed by atoms with Crippen molar-refractivity contribution in [2.75, 3.05) is 17.2 Å². The molecule has 0 aliphatic rings. The summed E-state index contributed by atoms with van der Waals surface area (Å²) in [5.41, 5.74) is 1.95. The van der Waals surface area contributed by atoms with Crippen LogP contribution in [0.4, 0.5) is 17.5 Å². The SMILES string of the molecule is CCCCCNc1cc(C)nc(Nc2ccccc2)n1. The summed E-state index contributed by atoms with van der Waals surface area (Å²) >= 11 is 0. The molecule has 1 heterocycles. The molecular weight excluding hydrogens is 248 g/mol. The summed E-state index contributed by atoms with van der Waals surface area (Å²) in [6, 6.07) is 11.9. The fourth-order valence-electron chi connectivity index (χ4n) is 1.96. The summed E-state index contributed by atoms with van der Waals surface area (Å²) in [7, 11) is 0. The Morgan fingerprint density at radius 2 is 1.85 bits per heavy atom. The lowest BCUT2D eigenvalue weighted by Gasteiger charge is -2.09. The number of aromatic nitrogens is 2. The van der Waals surface area contributed by atoms with E-state index in [4.69, 9.17) is 0 Å². The van der Waals surface area contributed by atoms with Gasteiger partial charge in [0.25, 0.3) is 0 Å². The molecule has 1 aromatic carbocycles. The second-order valence-electron chi connectivity index (χ2n) is 4.84. The zero-order valence-corrected chi connectivity index (χ0v) is 12.2. The molecule has 0 radical (unpaired) electrons. The van der Waals surface area contributed by atoms with Crippen molar-refractivity contribution in [3.63, 3.8) is 0 Å². The van der Waals surface area contributed by atoms with Gasteiger partial charge < -0.3 is 10.6 Å². The van der Waals surface area contributed by atoms with Crippen molar-refractivity contribution in [3.05, 3.63) is 42.1 Å². The zero-order chi connectivity index (χ0) is 14.2. The van der Waals surface area contributed by atoms with Crippen molar-refractivity contribution < 1.29 is 0 Å². The van der Waals surface area contributed by atoms with Crippen LogP contribution in [0.15, 0.2) is 36.4 Å². The molecule has 0 aliphatic heterocycles. The molecule has 2 rings (SSSR count). The maximum atomic E-state index is 4.49. The third-order valence-electron chi connectivity index (χ3n) is 2.97. The number of nitrogens with one attached hydrogen (secondary N) is 2. The van der Waals surface area contributed by atoms with E-state index < -0.39 is 0 Å². The maximum Gasteiger partial charge on any atom is 0.229 e. The number of para-hydroxylation sites is 1. The largest absolute Gasteiger partial charge is 0.370 e. The molecule has 2 aromatic rings. The standard InChI is InChI=1S/C16H22N4/c1-3-4-8-11-17-15-12-13(2)18-16(20-15)19-14-9-6-5-7-10-14/h5-7,9-10,12H,3-4,8,11H2,1-2H3,(H2,17,18,19,20). The van der Waals surface area contributed by atoms with Crippen LogP contribution in [0.3, 0.4) is 0 Å². The Labute approximate surface area is 120 Å². The predicted octanol–water partition coefficient (Wildman–Crippen LogP) is 4.13. The third-order valence-corrected chi connectivity index (χ3v) is 2.97. The minimum absolute atomic E-state index is 0.634. The highest BCUT2D eigenvalue weighted by molar-refractivity contribution is 5.54. The van der Waals surface area contributed by atoms with Crippen LogP contribution in [0.25, 0.3) is 0 Å². The predicted molar refractivity (Wildman–Crippen MR) is 84.5 cm³/mol. The molecule has 0 fully saturated rings. The average Bonchev–Trinajstić information content (AvgIpc) is 2.44. The van der Waals surface area contributed by atoms with E-state index in [0.717, 1.165) is 23.7 Å². The van der Waals surface area contributed by atoms with E-state index in [1.54, 1.807) is 0 Å². The lowest BCUT2D eigenvalue weighted by Crippen LogP contribution is -2.06. The van der Waals surface area contributed by atoms with Crippen LogP contribution >= 0.6 is 0 Å². The number of rotatable bonds is 7. The van der Waals surface area contributed by atoms with E-state index in [1.165, 1.54) is 19.3 Å². The molecule has 0 saturated heterocycles. The van der Waals surface area contributed by atoms with E-state index in [9.17, 15) is 0 Å². The second kappa shape index (κ2) is 7.48. The molecule has 0 saturated carbocycles. The Balaban J connectivity index is 2.01. The van der Waals surface area contributed by atoms with Gasteiger partial charge in [-0.1, -0.05) is 38.0 Å². The first-order chi connectivity index (χ1) is 9.78. The molecule has 2 N–H and O–H groups in total. The Hall–Kier alpha value is -2.10. The van der Waals surface area contributed by atoms with Crippen LogP contribution in [0.5, 0.6) is 0 Å². The van der Waals surface area contributed by atoms with Gasteiger partial charge in [-0.3, -0.25) is 0 Å². The molecule has 0 unspecified atom stereocenters. The van der Waals surface area contributed by atoms with Crippen LogP contribution in [0.2, 0.25) is 0 Å². The van der Waals surface area contributed by atoms with E-state index in [2.05, 4.69) is 27.5 Å². The number of nitrogens with zero attached hydrogens (tertiary/aromatic N) is 2. The van der Waals surface area contributed by atoms with Crippen molar-refractivity contribution in [3.8, 4) is 0 Å². The number of hydrogen-bond donors (Lipinski definition) is 2. The Morgan fingerprint density at radius 1 is 1.05 bits per heavy atom. The number of aryl methyl sites for hydroxylation is 1. The van der Waals surface area contributed by atoms with Crippen LogP contribution in [0, 0.1) is 6.92 Å². The minimum atomic E-state index is 0.634. The zero-order valence-electron chi connectivity index (χ0n) is 12.2. The first-order valence-corrected chi connectivity index (χ1v) is 7.19. The third kappa shape index (κ3) is 4.53. The van der Waals surface area contributed by atoms with Crippen LogP contribution in [0.1, 0.15) is 31.9 Å². The molecule has 0 aliphatic carbocycles. The van der Waals surface area contributed by atoms with Gasteiger partial charge >= 0.3 is 0 Å². The Kier molecular flexibility index (Phi) is 5.35. The summed E-state index contributed by atoms with van der Waals surface area (Å²) in [6.07, 6.45) is 3.64. The van der Waals surface area contributed by atoms with Crippen LogP contribution in [-0.4, -0.2) is 16.5 Å². The maximum absolute atomic E-state index is 4.49. The lowest BCUT2D eigenvalue weighted by atomic mass is 10.2. The first kappa shape index (κ1) is 14.3. The van der Waals surface area contributed by atoms with Crippen molar-refractivity contribution >= 4 is 17.5 Å². The molecule has 4 nitrogen and oxygen atoms in total. The van der Waals surface area contributed by atoms with Crippen molar-refractivity contribution in [1.82, 2.24) is 9.97 Å². The van der Waals surface area contributed by atoms with Crippen molar-refractivity contribution in [2.45, 2.75) is 33.1 Å². The molecule has 0 atom stereocenters. The van der Waals surface area contributed by atoms with Gasteiger partial charge in [-0.05, 0) is 25.5 Å². The lowest BCUT2D eigenvalue weighted by molar-refractivity contribution is 0.742. The Morgan fingerprint density at radius 3 is 2.60 bits per heavy atom. The normalized spacial score (nSPS) is 10.3. The van der Waals surface area contributed by atoms with Gasteiger partial charge in [0, 0.05) is 24.0 Å². The highest BCUT2D eigenvalue weighted by Crippen LogP contribution is 2.15. The molecule has 0 amide bonds. The summed E-state index contributed by atoms with van der Waals surface area (Å²) in [6.45, 7) is 5.14. The van der Waals surface area contributed by atoms with Gasteiger partial charge in [0.2, 0.25) is 5.95 Å². The molecule has 0 spiro atoms. The van der Waals surface area contributed by atoms with Crippen LogP contribution < -0.4 is 10.6 Å². The summed E-state index contributed by atoms with van der Waals surface area (Å²) in [5.74, 6) is 1.52. The van der Waals surface area contributed by atoms with Gasteiger partial charge in [0.05, 0.1) is 0 Å². The van der Waals surface area contributed by atoms with Gasteiger partial charge in [-0.2, -0.15) is 4.98 Å². The highest BCUT2D eigenvalue weighted by Gasteiger charge is 2.02. The second-order valence-corrected chi connectivity index (χ2v) is 4.84. The van der Waals surface area contributed by atoms with Gasteiger partial charge in [0.1, 0.15) is 5.82 Å². The number of unbranched alkanes of at least 4 members (excludes halogenated alkanes) is 2. The number of benzene rings is 1. The monoisotopic (exact) mass is 270 g/mol. The smallest absolute Gasteiger partial charge is 0.229 e. The van der Waals surface area contributed by atoms with E-state index in [1.807, 2.05) is 43.3 Å². The van der Waals surface area contributed by atoms with E-state index >= 15 is 0 Å². The fourth-order valence-corrected chi connectivity index (χ4v) is 1.96. The minimum Gasteiger partial charge on any atom is -0.370 e. The average molecular weight is 270 g/mol. The molecule has 4 heteroatoms.